The number of phenolic OH excluding ortho intramolecular Hbond substituents is 1. The highest BCUT2D eigenvalue weighted by atomic mass is 19.1. The van der Waals surface area contributed by atoms with Crippen molar-refractivity contribution >= 4 is 27.6 Å². The van der Waals surface area contributed by atoms with Gasteiger partial charge < -0.3 is 15.0 Å². The number of rotatable bonds is 4. The molecule has 6 rings (SSSR count). The van der Waals surface area contributed by atoms with E-state index in [9.17, 15) is 9.50 Å². The van der Waals surface area contributed by atoms with Crippen molar-refractivity contribution in [2.75, 3.05) is 19.0 Å². The molecular formula is C25H19FN8O. The molecule has 6 aromatic rings. The Morgan fingerprint density at radius 2 is 1.74 bits per heavy atom. The summed E-state index contributed by atoms with van der Waals surface area (Å²) < 4.78 is 13.9. The summed E-state index contributed by atoms with van der Waals surface area (Å²) in [6.45, 7) is 0. The van der Waals surface area contributed by atoms with E-state index in [1.165, 1.54) is 12.1 Å². The van der Waals surface area contributed by atoms with E-state index in [0.29, 0.717) is 33.7 Å². The fraction of sp³-hybridized carbons (Fsp3) is 0.0800. The molecule has 3 N–H and O–H groups in total. The third kappa shape index (κ3) is 3.61. The lowest BCUT2D eigenvalue weighted by atomic mass is 10.1. The number of aromatic nitrogens is 7. The molecule has 5 heterocycles. The van der Waals surface area contributed by atoms with E-state index < -0.39 is 5.82 Å². The number of H-pyrrole nitrogens is 2. The van der Waals surface area contributed by atoms with Gasteiger partial charge >= 0.3 is 0 Å². The number of hydrogen-bond donors (Lipinski definition) is 3. The highest BCUT2D eigenvalue weighted by molar-refractivity contribution is 5.97. The molecule has 0 bridgehead atoms. The molecule has 10 heteroatoms. The normalized spacial score (nSPS) is 11.4. The summed E-state index contributed by atoms with van der Waals surface area (Å²) in [5.74, 6) is -0.184. The van der Waals surface area contributed by atoms with Crippen LogP contribution in [0.15, 0.2) is 61.3 Å². The van der Waals surface area contributed by atoms with Crippen molar-refractivity contribution in [3.8, 4) is 39.7 Å². The summed E-state index contributed by atoms with van der Waals surface area (Å²) in [7, 11) is 3.92. The second-order valence-corrected chi connectivity index (χ2v) is 8.38. The second kappa shape index (κ2) is 7.87. The van der Waals surface area contributed by atoms with Crippen LogP contribution in [-0.2, 0) is 0 Å². The average molecular weight is 466 g/mol. The monoisotopic (exact) mass is 466 g/mol. The first-order valence-corrected chi connectivity index (χ1v) is 10.8. The van der Waals surface area contributed by atoms with Crippen molar-refractivity contribution in [3.63, 3.8) is 0 Å². The maximum Gasteiger partial charge on any atom is 0.159 e. The predicted octanol–water partition coefficient (Wildman–Crippen LogP) is 4.54. The standard InChI is InChI=1S/C25H19FN8O/c1-34(2)16-4-14(8-27-9-16)20-7-18-21(12-29-20)32-33-24(18)25-30-22-11-28-10-19(23(22)31-25)13-3-15(26)6-17(35)5-13/h3-12,35H,1-2H3,(H,30,31)(H,32,33). The van der Waals surface area contributed by atoms with Crippen molar-refractivity contribution < 1.29 is 9.50 Å². The van der Waals surface area contributed by atoms with Gasteiger partial charge in [-0.1, -0.05) is 0 Å². The molecule has 35 heavy (non-hydrogen) atoms. The molecule has 0 radical (unpaired) electrons. The second-order valence-electron chi connectivity index (χ2n) is 8.38. The van der Waals surface area contributed by atoms with Crippen LogP contribution in [0, 0.1) is 5.82 Å². The Balaban J connectivity index is 1.48. The van der Waals surface area contributed by atoms with Crippen LogP contribution in [0.5, 0.6) is 5.75 Å². The predicted molar refractivity (Wildman–Crippen MR) is 131 cm³/mol. The van der Waals surface area contributed by atoms with Gasteiger partial charge in [-0.25, -0.2) is 9.37 Å². The molecule has 5 aromatic heterocycles. The molecule has 0 aliphatic heterocycles. The zero-order chi connectivity index (χ0) is 24.1. The minimum atomic E-state index is -0.543. The van der Waals surface area contributed by atoms with Gasteiger partial charge in [-0.05, 0) is 29.8 Å². The largest absolute Gasteiger partial charge is 0.508 e. The van der Waals surface area contributed by atoms with Crippen LogP contribution in [-0.4, -0.2) is 54.3 Å². The molecule has 0 unspecified atom stereocenters. The van der Waals surface area contributed by atoms with Crippen molar-refractivity contribution in [2.24, 2.45) is 0 Å². The zero-order valence-corrected chi connectivity index (χ0v) is 18.8. The van der Waals surface area contributed by atoms with Crippen LogP contribution in [0.3, 0.4) is 0 Å². The van der Waals surface area contributed by atoms with E-state index in [2.05, 4.69) is 30.1 Å². The number of benzene rings is 1. The highest BCUT2D eigenvalue weighted by Gasteiger charge is 2.17. The van der Waals surface area contributed by atoms with E-state index in [-0.39, 0.29) is 5.75 Å². The third-order valence-electron chi connectivity index (χ3n) is 5.80. The van der Waals surface area contributed by atoms with Crippen molar-refractivity contribution in [1.29, 1.82) is 0 Å². The Kier molecular flexibility index (Phi) is 4.66. The van der Waals surface area contributed by atoms with Gasteiger partial charge in [-0.3, -0.25) is 20.1 Å². The van der Waals surface area contributed by atoms with Gasteiger partial charge in [0, 0.05) is 49.1 Å². The maximum atomic E-state index is 13.9. The van der Waals surface area contributed by atoms with Crippen molar-refractivity contribution in [3.05, 3.63) is 67.1 Å². The topological polar surface area (TPSA) is 120 Å². The fourth-order valence-corrected chi connectivity index (χ4v) is 4.05. The summed E-state index contributed by atoms with van der Waals surface area (Å²) in [6.07, 6.45) is 8.54. The molecule has 9 nitrogen and oxygen atoms in total. The molecule has 0 atom stereocenters. The first-order chi connectivity index (χ1) is 17.0. The van der Waals surface area contributed by atoms with Gasteiger partial charge in [0.2, 0.25) is 0 Å². The molecule has 0 spiro atoms. The van der Waals surface area contributed by atoms with Crippen LogP contribution in [0.1, 0.15) is 0 Å². The van der Waals surface area contributed by atoms with E-state index >= 15 is 0 Å². The van der Waals surface area contributed by atoms with Gasteiger partial charge in [-0.2, -0.15) is 5.10 Å². The van der Waals surface area contributed by atoms with E-state index in [1.807, 2.05) is 31.1 Å². The van der Waals surface area contributed by atoms with Crippen molar-refractivity contribution in [1.82, 2.24) is 35.1 Å². The number of aromatic amines is 2. The van der Waals surface area contributed by atoms with Gasteiger partial charge in [0.05, 0.1) is 46.5 Å². The number of nitrogens with one attached hydrogen (secondary N) is 2. The molecule has 172 valence electrons. The quantitative estimate of drug-likeness (QED) is 0.349. The van der Waals surface area contributed by atoms with Crippen LogP contribution in [0.2, 0.25) is 0 Å². The van der Waals surface area contributed by atoms with E-state index in [4.69, 9.17) is 4.98 Å². The van der Waals surface area contributed by atoms with E-state index in [0.717, 1.165) is 33.9 Å². The van der Waals surface area contributed by atoms with Crippen LogP contribution >= 0.6 is 0 Å². The van der Waals surface area contributed by atoms with Crippen LogP contribution in [0.25, 0.3) is 55.8 Å². The number of anilines is 1. The number of halogens is 1. The Morgan fingerprint density at radius 3 is 2.57 bits per heavy atom. The number of hydrogen-bond acceptors (Lipinski definition) is 7. The minimum Gasteiger partial charge on any atom is -0.508 e. The smallest absolute Gasteiger partial charge is 0.159 e. The van der Waals surface area contributed by atoms with Crippen LogP contribution < -0.4 is 4.90 Å². The summed E-state index contributed by atoms with van der Waals surface area (Å²) in [5.41, 5.74) is 6.30. The summed E-state index contributed by atoms with van der Waals surface area (Å²) in [5, 5.41) is 18.2. The molecule has 0 aliphatic rings. The number of nitrogens with zero attached hydrogens (tertiary/aromatic N) is 6. The molecular weight excluding hydrogens is 447 g/mol. The highest BCUT2D eigenvalue weighted by Crippen LogP contribution is 2.33. The molecule has 0 fully saturated rings. The average Bonchev–Trinajstić information content (AvgIpc) is 3.47. The lowest BCUT2D eigenvalue weighted by Gasteiger charge is -2.12. The van der Waals surface area contributed by atoms with Gasteiger partial charge in [0.25, 0.3) is 0 Å². The Hall–Kier alpha value is -4.86. The third-order valence-corrected chi connectivity index (χ3v) is 5.80. The number of imidazole rings is 1. The lowest BCUT2D eigenvalue weighted by molar-refractivity contribution is 0.469. The van der Waals surface area contributed by atoms with E-state index in [1.54, 1.807) is 31.0 Å². The minimum absolute atomic E-state index is 0.168. The number of phenols is 1. The maximum absolute atomic E-state index is 13.9. The van der Waals surface area contributed by atoms with Gasteiger partial charge in [0.1, 0.15) is 17.3 Å². The first kappa shape index (κ1) is 20.7. The Bertz CT molecular complexity index is 1700. The number of aromatic hydroxyl groups is 1. The fourth-order valence-electron chi connectivity index (χ4n) is 4.05. The number of fused-ring (bicyclic) bond motifs is 2. The molecule has 0 saturated carbocycles. The summed E-state index contributed by atoms with van der Waals surface area (Å²) >= 11 is 0. The van der Waals surface area contributed by atoms with Gasteiger partial charge in [-0.15, -0.1) is 0 Å². The Labute approximate surface area is 198 Å². The lowest BCUT2D eigenvalue weighted by Crippen LogP contribution is -2.08. The molecule has 0 amide bonds. The Morgan fingerprint density at radius 1 is 0.886 bits per heavy atom. The van der Waals surface area contributed by atoms with Crippen LogP contribution in [0.4, 0.5) is 10.1 Å². The SMILES string of the molecule is CN(C)c1cncc(-c2cc3c(-c4nc5c(-c6cc(O)cc(F)c6)cncc5[nH]4)n[nH]c3cn2)c1. The number of pyridine rings is 3. The molecule has 1 aromatic carbocycles. The zero-order valence-electron chi connectivity index (χ0n) is 18.8. The van der Waals surface area contributed by atoms with Crippen molar-refractivity contribution in [2.45, 2.75) is 0 Å². The molecule has 0 aliphatic carbocycles. The summed E-state index contributed by atoms with van der Waals surface area (Å²) in [6, 6.07) is 7.84. The first-order valence-electron chi connectivity index (χ1n) is 10.8. The summed E-state index contributed by atoms with van der Waals surface area (Å²) in [4.78, 5) is 23.2. The van der Waals surface area contributed by atoms with Gasteiger partial charge in [0.15, 0.2) is 5.82 Å². The molecule has 0 saturated heterocycles.